The molecule has 2 aromatic carbocycles. The lowest BCUT2D eigenvalue weighted by Gasteiger charge is -2.36. The molecule has 2 amide bonds. The summed E-state index contributed by atoms with van der Waals surface area (Å²) in [5.74, 6) is -0.154. The molecule has 0 aliphatic carbocycles. The predicted molar refractivity (Wildman–Crippen MR) is 120 cm³/mol. The number of aromatic hydroxyl groups is 1. The van der Waals surface area contributed by atoms with Crippen molar-refractivity contribution >= 4 is 23.4 Å². The van der Waals surface area contributed by atoms with Crippen molar-refractivity contribution in [2.24, 2.45) is 0 Å². The molecule has 31 heavy (non-hydrogen) atoms. The van der Waals surface area contributed by atoms with Crippen molar-refractivity contribution in [2.45, 2.75) is 31.2 Å². The van der Waals surface area contributed by atoms with Gasteiger partial charge in [0.15, 0.2) is 0 Å². The number of rotatable bonds is 5. The molecular weight excluding hydrogens is 414 g/mol. The summed E-state index contributed by atoms with van der Waals surface area (Å²) in [5, 5.41) is 12.8. The number of nitrogens with zero attached hydrogens (tertiary/aromatic N) is 2. The highest BCUT2D eigenvalue weighted by Crippen LogP contribution is 2.30. The average molecular weight is 442 g/mol. The summed E-state index contributed by atoms with van der Waals surface area (Å²) in [4.78, 5) is 29.2. The van der Waals surface area contributed by atoms with Gasteiger partial charge in [0, 0.05) is 24.2 Å². The molecule has 1 atom stereocenters. The smallest absolute Gasteiger partial charge is 0.255 e. The van der Waals surface area contributed by atoms with Gasteiger partial charge >= 0.3 is 0 Å². The number of amides is 2. The van der Waals surface area contributed by atoms with E-state index in [0.717, 1.165) is 32.4 Å². The lowest BCUT2D eigenvalue weighted by Crippen LogP contribution is -2.44. The van der Waals surface area contributed by atoms with Crippen molar-refractivity contribution in [1.29, 1.82) is 0 Å². The molecule has 0 bridgehead atoms. The van der Waals surface area contributed by atoms with E-state index in [-0.39, 0.29) is 23.8 Å². The summed E-state index contributed by atoms with van der Waals surface area (Å²) in [6.07, 6.45) is 3.26. The molecule has 2 saturated heterocycles. The van der Waals surface area contributed by atoms with Crippen LogP contribution in [0.3, 0.4) is 0 Å². The van der Waals surface area contributed by atoms with Crippen LogP contribution in [0.1, 0.15) is 41.1 Å². The number of piperidine rings is 1. The molecule has 2 fully saturated rings. The maximum Gasteiger partial charge on any atom is 0.255 e. The molecule has 2 aliphatic rings. The van der Waals surface area contributed by atoms with Crippen molar-refractivity contribution in [3.8, 4) is 5.75 Å². The van der Waals surface area contributed by atoms with Crippen LogP contribution in [-0.2, 0) is 4.79 Å². The van der Waals surface area contributed by atoms with Crippen LogP contribution < -0.4 is 5.32 Å². The maximum atomic E-state index is 12.6. The van der Waals surface area contributed by atoms with Gasteiger partial charge in [0.05, 0.1) is 12.1 Å². The lowest BCUT2D eigenvalue weighted by atomic mass is 9.89. The Bertz CT molecular complexity index is 929. The first-order valence-electron chi connectivity index (χ1n) is 10.8. The molecule has 2 aromatic rings. The zero-order valence-corrected chi connectivity index (χ0v) is 18.2. The number of likely N-dealkylation sites (tertiary alicyclic amines) is 2. The van der Waals surface area contributed by atoms with Gasteiger partial charge in [-0.05, 0) is 62.0 Å². The lowest BCUT2D eigenvalue weighted by molar-refractivity contribution is -0.129. The van der Waals surface area contributed by atoms with Crippen LogP contribution >= 0.6 is 11.6 Å². The zero-order valence-electron chi connectivity index (χ0n) is 17.5. The highest BCUT2D eigenvalue weighted by molar-refractivity contribution is 6.30. The second-order valence-electron chi connectivity index (χ2n) is 8.35. The van der Waals surface area contributed by atoms with E-state index >= 15 is 0 Å². The first-order chi connectivity index (χ1) is 15.0. The van der Waals surface area contributed by atoms with Crippen molar-refractivity contribution in [3.63, 3.8) is 0 Å². The van der Waals surface area contributed by atoms with E-state index in [0.29, 0.717) is 30.1 Å². The molecule has 2 heterocycles. The minimum atomic E-state index is -0.485. The maximum absolute atomic E-state index is 12.6. The number of hydrogen-bond acceptors (Lipinski definition) is 4. The van der Waals surface area contributed by atoms with Crippen molar-refractivity contribution in [3.05, 3.63) is 64.7 Å². The van der Waals surface area contributed by atoms with Gasteiger partial charge in [0.1, 0.15) is 5.75 Å². The Balaban J connectivity index is 1.23. The predicted octanol–water partition coefficient (Wildman–Crippen LogP) is 3.26. The molecule has 0 radical (unpaired) electrons. The van der Waals surface area contributed by atoms with Gasteiger partial charge in [-0.3, -0.25) is 14.5 Å². The van der Waals surface area contributed by atoms with E-state index in [9.17, 15) is 14.7 Å². The average Bonchev–Trinajstić information content (AvgIpc) is 3.28. The molecule has 2 aliphatic heterocycles. The summed E-state index contributed by atoms with van der Waals surface area (Å²) in [5.41, 5.74) is 1.53. The summed E-state index contributed by atoms with van der Waals surface area (Å²) in [7, 11) is 0. The van der Waals surface area contributed by atoms with Gasteiger partial charge in [-0.1, -0.05) is 41.9 Å². The quantitative estimate of drug-likeness (QED) is 0.747. The van der Waals surface area contributed by atoms with Crippen LogP contribution in [0, 0.1) is 0 Å². The molecule has 1 unspecified atom stereocenters. The Morgan fingerprint density at radius 1 is 1.03 bits per heavy atom. The number of phenols is 1. The Morgan fingerprint density at radius 3 is 2.48 bits per heavy atom. The topological polar surface area (TPSA) is 72.9 Å². The van der Waals surface area contributed by atoms with E-state index in [4.69, 9.17) is 11.6 Å². The molecule has 6 nitrogen and oxygen atoms in total. The van der Waals surface area contributed by atoms with E-state index in [2.05, 4.69) is 40.5 Å². The van der Waals surface area contributed by atoms with Crippen LogP contribution in [-0.4, -0.2) is 65.5 Å². The number of carbonyl (C=O) groups is 2. The third kappa shape index (κ3) is 5.20. The highest BCUT2D eigenvalue weighted by Gasteiger charge is 2.32. The summed E-state index contributed by atoms with van der Waals surface area (Å²) < 4.78 is 0. The van der Waals surface area contributed by atoms with Crippen molar-refractivity contribution in [2.75, 3.05) is 32.7 Å². The molecule has 164 valence electrons. The Hall–Kier alpha value is -2.57. The largest absolute Gasteiger partial charge is 0.507 e. The highest BCUT2D eigenvalue weighted by atomic mass is 35.5. The van der Waals surface area contributed by atoms with Crippen LogP contribution in [0.4, 0.5) is 0 Å². The van der Waals surface area contributed by atoms with Gasteiger partial charge in [-0.25, -0.2) is 0 Å². The van der Waals surface area contributed by atoms with Crippen molar-refractivity contribution < 1.29 is 14.7 Å². The Kier molecular flexibility index (Phi) is 6.78. The molecular formula is C24H28ClN3O3. The molecule has 2 N–H and O–H groups in total. The van der Waals surface area contributed by atoms with Crippen LogP contribution in [0.25, 0.3) is 0 Å². The minimum absolute atomic E-state index is 0.0797. The monoisotopic (exact) mass is 441 g/mol. The molecule has 4 rings (SSSR count). The van der Waals surface area contributed by atoms with E-state index in [1.54, 1.807) is 0 Å². The number of benzene rings is 2. The number of halogens is 1. The number of carbonyl (C=O) groups excluding carboxylic acids is 2. The Morgan fingerprint density at radius 2 is 1.77 bits per heavy atom. The van der Waals surface area contributed by atoms with Gasteiger partial charge < -0.3 is 15.3 Å². The van der Waals surface area contributed by atoms with E-state index < -0.39 is 5.91 Å². The fourth-order valence-corrected chi connectivity index (χ4v) is 4.82. The second kappa shape index (κ2) is 9.71. The standard InChI is InChI=1S/C24H28ClN3O3/c25-19-6-7-21(22(29)14-19)24(31)26-15-23(30)28-13-10-20(16-28)27-11-8-18(9-12-27)17-4-2-1-3-5-17/h1-7,14,18,20,29H,8-13,15-16H2,(H,26,31). The van der Waals surface area contributed by atoms with Crippen LogP contribution in [0.15, 0.2) is 48.5 Å². The van der Waals surface area contributed by atoms with E-state index in [1.807, 2.05) is 4.90 Å². The van der Waals surface area contributed by atoms with Gasteiger partial charge in [-0.2, -0.15) is 0 Å². The molecule has 7 heteroatoms. The SMILES string of the molecule is O=C(NCC(=O)N1CCC(N2CCC(c3ccccc3)CC2)C1)c1ccc(Cl)cc1O. The first kappa shape index (κ1) is 21.7. The van der Waals surface area contributed by atoms with Gasteiger partial charge in [0.25, 0.3) is 5.91 Å². The zero-order chi connectivity index (χ0) is 21.8. The second-order valence-corrected chi connectivity index (χ2v) is 8.78. The minimum Gasteiger partial charge on any atom is -0.507 e. The normalized spacial score (nSPS) is 20.0. The third-order valence-corrected chi connectivity index (χ3v) is 6.67. The van der Waals surface area contributed by atoms with Gasteiger partial charge in [0.2, 0.25) is 5.91 Å². The fraction of sp³-hybridized carbons (Fsp3) is 0.417. The van der Waals surface area contributed by atoms with Gasteiger partial charge in [-0.15, -0.1) is 0 Å². The van der Waals surface area contributed by atoms with Crippen LogP contribution in [0.2, 0.25) is 5.02 Å². The number of hydrogen-bond donors (Lipinski definition) is 2. The Labute approximate surface area is 187 Å². The van der Waals surface area contributed by atoms with Crippen LogP contribution in [0.5, 0.6) is 5.75 Å². The third-order valence-electron chi connectivity index (χ3n) is 6.44. The van der Waals surface area contributed by atoms with Crippen molar-refractivity contribution in [1.82, 2.24) is 15.1 Å². The molecule has 0 aromatic heterocycles. The summed E-state index contributed by atoms with van der Waals surface area (Å²) in [6, 6.07) is 15.4. The fourth-order valence-electron chi connectivity index (χ4n) is 4.65. The summed E-state index contributed by atoms with van der Waals surface area (Å²) >= 11 is 5.80. The number of nitrogens with one attached hydrogen (secondary N) is 1. The molecule has 0 saturated carbocycles. The first-order valence-corrected chi connectivity index (χ1v) is 11.2. The molecule has 0 spiro atoms. The number of phenolic OH excluding ortho intramolecular Hbond substituents is 1. The van der Waals surface area contributed by atoms with E-state index in [1.165, 1.54) is 23.8 Å². The summed E-state index contributed by atoms with van der Waals surface area (Å²) in [6.45, 7) is 3.45.